The van der Waals surface area contributed by atoms with Gasteiger partial charge in [-0.05, 0) is 31.2 Å². The number of amides is 1. The molecule has 1 aliphatic heterocycles. The van der Waals surface area contributed by atoms with Gasteiger partial charge in [-0.25, -0.2) is 0 Å². The van der Waals surface area contributed by atoms with Crippen LogP contribution in [-0.4, -0.2) is 36.5 Å². The van der Waals surface area contributed by atoms with Crippen molar-refractivity contribution >= 4 is 38.7 Å². The van der Waals surface area contributed by atoms with E-state index >= 15 is 0 Å². The largest absolute Gasteiger partial charge is 0.375 e. The van der Waals surface area contributed by atoms with Crippen LogP contribution in [0.25, 0.3) is 0 Å². The molecular formula is C17H27N7OS. The highest BCUT2D eigenvalue weighted by Crippen LogP contribution is 2.46. The third-order valence-electron chi connectivity index (χ3n) is 5.00. The van der Waals surface area contributed by atoms with Crippen molar-refractivity contribution in [1.82, 2.24) is 0 Å². The molecule has 3 rings (SSSR count). The summed E-state index contributed by atoms with van der Waals surface area (Å²) in [7, 11) is 0. The summed E-state index contributed by atoms with van der Waals surface area (Å²) >= 11 is 1.47. The average molecular weight is 378 g/mol. The van der Waals surface area contributed by atoms with Crippen molar-refractivity contribution < 1.29 is 4.79 Å². The minimum atomic E-state index is -0.461. The number of carbonyl (C=O) groups is 1. The Balaban J connectivity index is 1.98. The van der Waals surface area contributed by atoms with Crippen LogP contribution < -0.4 is 27.6 Å². The topological polar surface area (TPSA) is 135 Å². The number of hydrogen-bond donors (Lipinski definition) is 4. The molecule has 0 radical (unpaired) electrons. The summed E-state index contributed by atoms with van der Waals surface area (Å²) in [6.07, 6.45) is 1.83. The Labute approximate surface area is 157 Å². The molecule has 142 valence electrons. The van der Waals surface area contributed by atoms with Crippen LogP contribution in [0.4, 0.5) is 10.0 Å². The fraction of sp³-hybridized carbons (Fsp3) is 0.588. The van der Waals surface area contributed by atoms with E-state index < -0.39 is 5.91 Å². The molecule has 1 aromatic rings. The molecule has 0 spiro atoms. The van der Waals surface area contributed by atoms with Gasteiger partial charge < -0.3 is 22.6 Å². The standard InChI is InChI=1S/C17H27N7OS/c1-9-14-11(22-20)7-17(2,3)8-12(14)24(23-9)13-6-10(15(19)25)16(26-13)21-5-4-18/h6,12,14,21H,4-5,7-8,18,20H2,1-3H3,(H2,19,25)/b22-11+. The molecule has 1 saturated carbocycles. The second-order valence-corrected chi connectivity index (χ2v) is 8.73. The first-order chi connectivity index (χ1) is 12.3. The number of hydrazone groups is 2. The van der Waals surface area contributed by atoms with E-state index in [2.05, 4.69) is 24.3 Å². The molecule has 1 fully saturated rings. The van der Waals surface area contributed by atoms with Gasteiger partial charge in [0.1, 0.15) is 10.0 Å². The first-order valence-corrected chi connectivity index (χ1v) is 9.57. The molecule has 7 N–H and O–H groups in total. The first-order valence-electron chi connectivity index (χ1n) is 8.76. The number of fused-ring (bicyclic) bond motifs is 1. The van der Waals surface area contributed by atoms with E-state index in [0.717, 1.165) is 34.3 Å². The van der Waals surface area contributed by atoms with Crippen molar-refractivity contribution in [3.63, 3.8) is 0 Å². The van der Waals surface area contributed by atoms with Crippen molar-refractivity contribution in [2.45, 2.75) is 39.7 Å². The van der Waals surface area contributed by atoms with Crippen LogP contribution in [0.2, 0.25) is 0 Å². The van der Waals surface area contributed by atoms with Gasteiger partial charge in [-0.1, -0.05) is 25.2 Å². The molecule has 2 heterocycles. The van der Waals surface area contributed by atoms with E-state index in [1.54, 1.807) is 0 Å². The van der Waals surface area contributed by atoms with Crippen LogP contribution in [0.3, 0.4) is 0 Å². The molecule has 8 nitrogen and oxygen atoms in total. The number of rotatable bonds is 5. The lowest BCUT2D eigenvalue weighted by molar-refractivity contribution is 0.100. The lowest BCUT2D eigenvalue weighted by Crippen LogP contribution is -2.46. The van der Waals surface area contributed by atoms with E-state index in [1.165, 1.54) is 11.3 Å². The average Bonchev–Trinajstić information content (AvgIpc) is 3.12. The minimum Gasteiger partial charge on any atom is -0.375 e. The summed E-state index contributed by atoms with van der Waals surface area (Å²) < 4.78 is 0. The Kier molecular flexibility index (Phi) is 4.94. The second kappa shape index (κ2) is 6.88. The lowest BCUT2D eigenvalue weighted by atomic mass is 9.68. The summed E-state index contributed by atoms with van der Waals surface area (Å²) in [5.74, 6) is 5.34. The number of nitrogens with one attached hydrogen (secondary N) is 1. The molecule has 0 bridgehead atoms. The Morgan fingerprint density at radius 2 is 2.27 bits per heavy atom. The number of thiophene rings is 1. The van der Waals surface area contributed by atoms with Crippen molar-refractivity contribution in [3.05, 3.63) is 11.6 Å². The molecule has 26 heavy (non-hydrogen) atoms. The van der Waals surface area contributed by atoms with E-state index in [4.69, 9.17) is 22.4 Å². The highest BCUT2D eigenvalue weighted by Gasteiger charge is 2.47. The fourth-order valence-corrected chi connectivity index (χ4v) is 5.06. The number of anilines is 2. The van der Waals surface area contributed by atoms with Gasteiger partial charge in [0.05, 0.1) is 17.5 Å². The van der Waals surface area contributed by atoms with Crippen LogP contribution >= 0.6 is 11.3 Å². The quantitative estimate of drug-likeness (QED) is 0.456. The molecule has 2 atom stereocenters. The zero-order chi connectivity index (χ0) is 19.1. The normalized spacial score (nSPS) is 25.9. The molecule has 0 aromatic carbocycles. The Morgan fingerprint density at radius 3 is 2.88 bits per heavy atom. The highest BCUT2D eigenvalue weighted by molar-refractivity contribution is 7.20. The Morgan fingerprint density at radius 1 is 1.54 bits per heavy atom. The van der Waals surface area contributed by atoms with E-state index in [9.17, 15) is 4.79 Å². The maximum Gasteiger partial charge on any atom is 0.251 e. The Bertz CT molecular complexity index is 767. The molecule has 1 amide bonds. The molecule has 9 heteroatoms. The summed E-state index contributed by atoms with van der Waals surface area (Å²) in [4.78, 5) is 11.8. The van der Waals surface area contributed by atoms with Crippen molar-refractivity contribution in [2.75, 3.05) is 23.4 Å². The summed E-state index contributed by atoms with van der Waals surface area (Å²) in [6, 6.07) is 1.95. The molecule has 2 unspecified atom stereocenters. The molecule has 0 saturated heterocycles. The van der Waals surface area contributed by atoms with E-state index in [1.807, 2.05) is 18.0 Å². The molecule has 1 aromatic heterocycles. The highest BCUT2D eigenvalue weighted by atomic mass is 32.1. The second-order valence-electron chi connectivity index (χ2n) is 7.70. The van der Waals surface area contributed by atoms with Crippen LogP contribution in [0, 0.1) is 11.3 Å². The van der Waals surface area contributed by atoms with Crippen LogP contribution in [0.1, 0.15) is 44.0 Å². The van der Waals surface area contributed by atoms with Crippen LogP contribution in [-0.2, 0) is 0 Å². The Hall–Kier alpha value is -2.13. The molecular weight excluding hydrogens is 350 g/mol. The van der Waals surface area contributed by atoms with E-state index in [0.29, 0.717) is 18.7 Å². The smallest absolute Gasteiger partial charge is 0.251 e. The number of nitrogens with zero attached hydrogens (tertiary/aromatic N) is 3. The van der Waals surface area contributed by atoms with Crippen LogP contribution in [0.5, 0.6) is 0 Å². The van der Waals surface area contributed by atoms with Gasteiger partial charge in [0.2, 0.25) is 0 Å². The maximum absolute atomic E-state index is 11.8. The number of carbonyl (C=O) groups excluding carboxylic acids is 1. The maximum atomic E-state index is 11.8. The van der Waals surface area contributed by atoms with Gasteiger partial charge in [0.15, 0.2) is 0 Å². The van der Waals surface area contributed by atoms with Gasteiger partial charge in [-0.3, -0.25) is 9.80 Å². The number of nitrogens with two attached hydrogens (primary N) is 3. The van der Waals surface area contributed by atoms with Gasteiger partial charge in [-0.2, -0.15) is 10.2 Å². The van der Waals surface area contributed by atoms with Crippen molar-refractivity contribution in [1.29, 1.82) is 0 Å². The monoisotopic (exact) mass is 377 g/mol. The summed E-state index contributed by atoms with van der Waals surface area (Å²) in [5, 5.41) is 15.7. The van der Waals surface area contributed by atoms with Crippen molar-refractivity contribution in [3.8, 4) is 0 Å². The minimum absolute atomic E-state index is 0.0855. The molecule has 1 aliphatic carbocycles. The van der Waals surface area contributed by atoms with Gasteiger partial charge in [-0.15, -0.1) is 0 Å². The van der Waals surface area contributed by atoms with Gasteiger partial charge >= 0.3 is 0 Å². The zero-order valence-electron chi connectivity index (χ0n) is 15.5. The lowest BCUT2D eigenvalue weighted by Gasteiger charge is -2.40. The predicted octanol–water partition coefficient (Wildman–Crippen LogP) is 1.53. The summed E-state index contributed by atoms with van der Waals surface area (Å²) in [5.41, 5.74) is 13.7. The summed E-state index contributed by atoms with van der Waals surface area (Å²) in [6.45, 7) is 7.50. The van der Waals surface area contributed by atoms with Gasteiger partial charge in [0.25, 0.3) is 5.91 Å². The number of primary amides is 1. The zero-order valence-corrected chi connectivity index (χ0v) is 16.3. The third kappa shape index (κ3) is 3.28. The van der Waals surface area contributed by atoms with Crippen LogP contribution in [0.15, 0.2) is 16.3 Å². The predicted molar refractivity (Wildman–Crippen MR) is 108 cm³/mol. The first kappa shape index (κ1) is 18.7. The SMILES string of the molecule is CC1=NN(c2cc(C(N)=O)c(NCCN)s2)C2CC(C)(C)C/C(=N\N)C12. The third-order valence-corrected chi connectivity index (χ3v) is 6.08. The molecule has 2 aliphatic rings. The number of hydrogen-bond acceptors (Lipinski definition) is 8. The van der Waals surface area contributed by atoms with Gasteiger partial charge in [0, 0.05) is 24.5 Å². The fourth-order valence-electron chi connectivity index (χ4n) is 3.96. The van der Waals surface area contributed by atoms with Crippen molar-refractivity contribution in [2.24, 2.45) is 38.8 Å². The van der Waals surface area contributed by atoms with E-state index in [-0.39, 0.29) is 17.4 Å².